The number of carbonyl (C=O) groups excluding carboxylic acids is 3. The normalized spacial score (nSPS) is 13.1. The first-order chi connectivity index (χ1) is 18.8. The topological polar surface area (TPSA) is 85.0 Å². The van der Waals surface area contributed by atoms with E-state index in [0.717, 1.165) is 12.1 Å². The van der Waals surface area contributed by atoms with Crippen molar-refractivity contribution in [2.75, 3.05) is 54.8 Å². The number of carbonyl (C=O) groups is 3. The van der Waals surface area contributed by atoms with Crippen molar-refractivity contribution in [3.8, 4) is 0 Å². The lowest BCUT2D eigenvalue weighted by molar-refractivity contribution is -0.116. The minimum atomic E-state index is -0.470. The average molecular weight is 552 g/mol. The van der Waals surface area contributed by atoms with Gasteiger partial charge in [0, 0.05) is 54.7 Å². The molecule has 0 spiro atoms. The van der Waals surface area contributed by atoms with Crippen LogP contribution in [-0.4, -0.2) is 66.9 Å². The van der Waals surface area contributed by atoms with E-state index in [1.165, 1.54) is 17.0 Å². The maximum atomic E-state index is 13.8. The third-order valence-corrected chi connectivity index (χ3v) is 6.66. The summed E-state index contributed by atoms with van der Waals surface area (Å²) in [4.78, 5) is 43.4. The number of hydrogen-bond donors (Lipinski definition) is 2. The van der Waals surface area contributed by atoms with Gasteiger partial charge in [-0.2, -0.15) is 0 Å². The molecule has 3 aromatic rings. The van der Waals surface area contributed by atoms with Gasteiger partial charge in [0.05, 0.1) is 5.69 Å². The molecule has 0 bridgehead atoms. The molecule has 204 valence electrons. The van der Waals surface area contributed by atoms with Crippen LogP contribution in [0.5, 0.6) is 0 Å². The van der Waals surface area contributed by atoms with Gasteiger partial charge in [-0.05, 0) is 67.1 Å². The third kappa shape index (κ3) is 7.48. The van der Waals surface area contributed by atoms with Gasteiger partial charge in [-0.25, -0.2) is 9.18 Å². The van der Waals surface area contributed by atoms with Crippen molar-refractivity contribution in [2.45, 2.75) is 13.3 Å². The fraction of sp³-hybridized carbons (Fsp3) is 0.276. The molecule has 1 aliphatic rings. The highest BCUT2D eigenvalue weighted by molar-refractivity contribution is 6.30. The Morgan fingerprint density at radius 3 is 2.21 bits per heavy atom. The quantitative estimate of drug-likeness (QED) is 0.396. The van der Waals surface area contributed by atoms with Crippen LogP contribution in [-0.2, 0) is 4.79 Å². The molecule has 4 rings (SSSR count). The Bertz CT molecular complexity index is 1300. The molecule has 3 aromatic carbocycles. The van der Waals surface area contributed by atoms with Crippen molar-refractivity contribution in [3.63, 3.8) is 0 Å². The van der Waals surface area contributed by atoms with Crippen molar-refractivity contribution in [1.29, 1.82) is 0 Å². The van der Waals surface area contributed by atoms with Gasteiger partial charge in [0.15, 0.2) is 0 Å². The SMILES string of the molecule is CCCN(CC(=O)Nc1ccc(N2CCN(C(=O)Nc3ccccc3F)CC2)cc1)C(=O)c1ccc(Cl)cc1. The number of nitrogens with one attached hydrogen (secondary N) is 2. The number of rotatable bonds is 8. The molecule has 1 saturated heterocycles. The highest BCUT2D eigenvalue weighted by atomic mass is 35.5. The number of urea groups is 1. The first kappa shape index (κ1) is 27.9. The average Bonchev–Trinajstić information content (AvgIpc) is 2.94. The summed E-state index contributed by atoms with van der Waals surface area (Å²) in [7, 11) is 0. The maximum Gasteiger partial charge on any atom is 0.322 e. The predicted octanol–water partition coefficient (Wildman–Crippen LogP) is 5.32. The number of nitrogens with zero attached hydrogens (tertiary/aromatic N) is 3. The lowest BCUT2D eigenvalue weighted by Crippen LogP contribution is -2.50. The molecule has 0 unspecified atom stereocenters. The van der Waals surface area contributed by atoms with E-state index in [1.807, 2.05) is 31.2 Å². The van der Waals surface area contributed by atoms with Gasteiger partial charge in [-0.15, -0.1) is 0 Å². The summed E-state index contributed by atoms with van der Waals surface area (Å²) >= 11 is 5.92. The van der Waals surface area contributed by atoms with Gasteiger partial charge < -0.3 is 25.3 Å². The molecule has 39 heavy (non-hydrogen) atoms. The van der Waals surface area contributed by atoms with Crippen molar-refractivity contribution in [2.24, 2.45) is 0 Å². The molecule has 0 radical (unpaired) electrons. The molecule has 1 aliphatic heterocycles. The van der Waals surface area contributed by atoms with Crippen LogP contribution in [0.4, 0.5) is 26.2 Å². The Morgan fingerprint density at radius 1 is 0.897 bits per heavy atom. The van der Waals surface area contributed by atoms with Crippen LogP contribution in [0.2, 0.25) is 5.02 Å². The van der Waals surface area contributed by atoms with E-state index in [9.17, 15) is 18.8 Å². The van der Waals surface area contributed by atoms with Crippen molar-refractivity contribution in [3.05, 3.63) is 89.2 Å². The van der Waals surface area contributed by atoms with Gasteiger partial charge in [-0.3, -0.25) is 9.59 Å². The summed E-state index contributed by atoms with van der Waals surface area (Å²) in [6.45, 7) is 4.58. The van der Waals surface area contributed by atoms with Crippen molar-refractivity contribution < 1.29 is 18.8 Å². The minimum Gasteiger partial charge on any atom is -0.368 e. The summed E-state index contributed by atoms with van der Waals surface area (Å²) in [5.74, 6) is -0.975. The molecular weight excluding hydrogens is 521 g/mol. The summed E-state index contributed by atoms with van der Waals surface area (Å²) in [6.07, 6.45) is 0.722. The number of piperazine rings is 1. The maximum absolute atomic E-state index is 13.8. The van der Waals surface area contributed by atoms with Gasteiger partial charge in [0.1, 0.15) is 12.4 Å². The van der Waals surface area contributed by atoms with Crippen LogP contribution in [0.3, 0.4) is 0 Å². The first-order valence-corrected chi connectivity index (χ1v) is 13.2. The van der Waals surface area contributed by atoms with Crippen LogP contribution in [0.25, 0.3) is 0 Å². The number of benzene rings is 3. The van der Waals surface area contributed by atoms with E-state index < -0.39 is 5.82 Å². The van der Waals surface area contributed by atoms with E-state index in [4.69, 9.17) is 11.6 Å². The molecule has 0 aromatic heterocycles. The number of hydrogen-bond acceptors (Lipinski definition) is 4. The summed E-state index contributed by atoms with van der Waals surface area (Å²) < 4.78 is 13.8. The second-order valence-electron chi connectivity index (χ2n) is 9.21. The third-order valence-electron chi connectivity index (χ3n) is 6.40. The Kier molecular flexibility index (Phi) is 9.38. The Labute approximate surface area is 232 Å². The Hall–Kier alpha value is -4.11. The van der Waals surface area contributed by atoms with E-state index >= 15 is 0 Å². The Balaban J connectivity index is 1.28. The van der Waals surface area contributed by atoms with Crippen LogP contribution >= 0.6 is 11.6 Å². The Morgan fingerprint density at radius 2 is 1.56 bits per heavy atom. The molecule has 0 aliphatic carbocycles. The van der Waals surface area contributed by atoms with Crippen LogP contribution in [0, 0.1) is 5.82 Å². The smallest absolute Gasteiger partial charge is 0.322 e. The first-order valence-electron chi connectivity index (χ1n) is 12.8. The fourth-order valence-corrected chi connectivity index (χ4v) is 4.48. The molecule has 0 saturated carbocycles. The zero-order valence-electron chi connectivity index (χ0n) is 21.7. The lowest BCUT2D eigenvalue weighted by atomic mass is 10.2. The van der Waals surface area contributed by atoms with Crippen molar-refractivity contribution >= 4 is 46.5 Å². The molecule has 4 amide bonds. The van der Waals surface area contributed by atoms with Gasteiger partial charge >= 0.3 is 6.03 Å². The number of anilines is 3. The molecule has 8 nitrogen and oxygen atoms in total. The molecule has 1 heterocycles. The summed E-state index contributed by atoms with van der Waals surface area (Å²) in [5.41, 5.74) is 2.24. The molecule has 0 atom stereocenters. The fourth-order valence-electron chi connectivity index (χ4n) is 4.35. The summed E-state index contributed by atoms with van der Waals surface area (Å²) in [5, 5.41) is 6.03. The van der Waals surface area contributed by atoms with Gasteiger partial charge in [-0.1, -0.05) is 30.7 Å². The highest BCUT2D eigenvalue weighted by Crippen LogP contribution is 2.21. The molecule has 1 fully saturated rings. The van der Waals surface area contributed by atoms with E-state index in [2.05, 4.69) is 15.5 Å². The lowest BCUT2D eigenvalue weighted by Gasteiger charge is -2.36. The van der Waals surface area contributed by atoms with E-state index in [0.29, 0.717) is 49.0 Å². The standard InChI is InChI=1S/C29H31ClFN5O3/c1-2-15-36(28(38)21-7-9-22(30)10-8-21)20-27(37)32-23-11-13-24(14-12-23)34-16-18-35(19-17-34)29(39)33-26-6-4-3-5-25(26)31/h3-14H,2,15-20H2,1H3,(H,32,37)(H,33,39). The van der Waals surface area contributed by atoms with Crippen LogP contribution in [0.15, 0.2) is 72.8 Å². The molecular formula is C29H31ClFN5O3. The largest absolute Gasteiger partial charge is 0.368 e. The number of para-hydroxylation sites is 1. The van der Waals surface area contributed by atoms with Gasteiger partial charge in [0.2, 0.25) is 5.91 Å². The van der Waals surface area contributed by atoms with E-state index in [-0.39, 0.29) is 30.1 Å². The van der Waals surface area contributed by atoms with Crippen LogP contribution < -0.4 is 15.5 Å². The number of halogens is 2. The van der Waals surface area contributed by atoms with E-state index in [1.54, 1.807) is 41.3 Å². The monoisotopic (exact) mass is 551 g/mol. The molecule has 10 heteroatoms. The molecule has 2 N–H and O–H groups in total. The van der Waals surface area contributed by atoms with Gasteiger partial charge in [0.25, 0.3) is 5.91 Å². The summed E-state index contributed by atoms with van der Waals surface area (Å²) in [6, 6.07) is 19.8. The van der Waals surface area contributed by atoms with Crippen molar-refractivity contribution in [1.82, 2.24) is 9.80 Å². The zero-order valence-corrected chi connectivity index (χ0v) is 22.5. The minimum absolute atomic E-state index is 0.0616. The second kappa shape index (κ2) is 13.1. The highest BCUT2D eigenvalue weighted by Gasteiger charge is 2.22. The van der Waals surface area contributed by atoms with Crippen LogP contribution in [0.1, 0.15) is 23.7 Å². The predicted molar refractivity (Wildman–Crippen MR) is 152 cm³/mol. The zero-order chi connectivity index (χ0) is 27.8. The number of amides is 4. The second-order valence-corrected chi connectivity index (χ2v) is 9.65.